The Labute approximate surface area is 82.9 Å². The van der Waals surface area contributed by atoms with Crippen LogP contribution in [0.1, 0.15) is 6.92 Å². The van der Waals surface area contributed by atoms with Crippen molar-refractivity contribution in [2.45, 2.75) is 6.92 Å². The molecule has 1 nitrogen and oxygen atoms in total. The van der Waals surface area contributed by atoms with Crippen molar-refractivity contribution in [1.29, 1.82) is 0 Å². The first kappa shape index (κ1) is 9.69. The molecule has 3 heteroatoms. The van der Waals surface area contributed by atoms with E-state index in [1.54, 1.807) is 0 Å². The van der Waals surface area contributed by atoms with Gasteiger partial charge in [0.15, 0.2) is 0 Å². The van der Waals surface area contributed by atoms with Crippen molar-refractivity contribution in [3.63, 3.8) is 0 Å². The topological polar surface area (TPSA) is 3.24 Å². The van der Waals surface area contributed by atoms with Gasteiger partial charge in [0.2, 0.25) is 0 Å². The zero-order valence-corrected chi connectivity index (χ0v) is 8.65. The van der Waals surface area contributed by atoms with Crippen LogP contribution < -0.4 is 4.90 Å². The zero-order chi connectivity index (χ0) is 9.14. The van der Waals surface area contributed by atoms with Crippen LogP contribution in [-0.2, 0) is 0 Å². The predicted molar refractivity (Wildman–Crippen MR) is 55.4 cm³/mol. The Morgan fingerprint density at radius 1 is 1.25 bits per heavy atom. The van der Waals surface area contributed by atoms with Gasteiger partial charge in [-0.15, -0.1) is 0 Å². The predicted octanol–water partition coefficient (Wildman–Crippen LogP) is 3.45. The normalized spacial score (nSPS) is 10.0. The van der Waals surface area contributed by atoms with Gasteiger partial charge in [-0.05, 0) is 19.1 Å². The fourth-order valence-electron chi connectivity index (χ4n) is 1.01. The number of rotatable bonds is 2. The van der Waals surface area contributed by atoms with Gasteiger partial charge in [0, 0.05) is 13.6 Å². The van der Waals surface area contributed by atoms with Gasteiger partial charge in [-0.3, -0.25) is 0 Å². The van der Waals surface area contributed by atoms with Crippen LogP contribution in [0.5, 0.6) is 0 Å². The van der Waals surface area contributed by atoms with E-state index in [-0.39, 0.29) is 0 Å². The lowest BCUT2D eigenvalue weighted by atomic mass is 10.3. The second-order valence-electron chi connectivity index (χ2n) is 2.58. The molecule has 0 fully saturated rings. The number of anilines is 1. The first-order chi connectivity index (χ1) is 5.66. The summed E-state index contributed by atoms with van der Waals surface area (Å²) in [4.78, 5) is 2.02. The summed E-state index contributed by atoms with van der Waals surface area (Å²) in [6.07, 6.45) is 0. The minimum absolute atomic E-state index is 0.701. The monoisotopic (exact) mass is 203 g/mol. The Bertz CT molecular complexity index is 253. The summed E-state index contributed by atoms with van der Waals surface area (Å²) >= 11 is 12.0. The number of nitrogens with zero attached hydrogens (tertiary/aromatic N) is 1. The van der Waals surface area contributed by atoms with Crippen LogP contribution >= 0.6 is 23.2 Å². The van der Waals surface area contributed by atoms with E-state index >= 15 is 0 Å². The van der Waals surface area contributed by atoms with Crippen molar-refractivity contribution in [2.75, 3.05) is 18.5 Å². The molecule has 0 amide bonds. The minimum atomic E-state index is 0.701. The second-order valence-corrected chi connectivity index (χ2v) is 3.40. The van der Waals surface area contributed by atoms with Gasteiger partial charge >= 0.3 is 0 Å². The molecule has 0 unspecified atom stereocenters. The van der Waals surface area contributed by atoms with Gasteiger partial charge in [-0.25, -0.2) is 0 Å². The molecule has 66 valence electrons. The Morgan fingerprint density at radius 2 is 1.75 bits per heavy atom. The van der Waals surface area contributed by atoms with Crippen molar-refractivity contribution >= 4 is 28.9 Å². The van der Waals surface area contributed by atoms with E-state index in [1.807, 2.05) is 30.1 Å². The van der Waals surface area contributed by atoms with E-state index in [0.29, 0.717) is 10.0 Å². The largest absolute Gasteiger partial charge is 0.372 e. The van der Waals surface area contributed by atoms with Crippen LogP contribution in [0.15, 0.2) is 18.2 Å². The lowest BCUT2D eigenvalue weighted by molar-refractivity contribution is 0.968. The van der Waals surface area contributed by atoms with Crippen molar-refractivity contribution in [1.82, 2.24) is 0 Å². The molecule has 1 aromatic rings. The molecule has 0 atom stereocenters. The average molecular weight is 204 g/mol. The Hall–Kier alpha value is -0.400. The summed E-state index contributed by atoms with van der Waals surface area (Å²) in [6, 6.07) is 5.53. The van der Waals surface area contributed by atoms with Crippen LogP contribution in [0.2, 0.25) is 10.0 Å². The fraction of sp³-hybridized carbons (Fsp3) is 0.333. The SMILES string of the molecule is CCN(C)c1c(Cl)cccc1Cl. The Balaban J connectivity index is 3.12. The van der Waals surface area contributed by atoms with E-state index in [1.165, 1.54) is 0 Å². The molecular formula is C9H11Cl2N. The summed E-state index contributed by atoms with van der Waals surface area (Å²) in [7, 11) is 1.97. The molecule has 0 radical (unpaired) electrons. The standard InChI is InChI=1S/C9H11Cl2N/c1-3-12(2)9-7(10)5-4-6-8(9)11/h4-6H,3H2,1-2H3. The highest BCUT2D eigenvalue weighted by molar-refractivity contribution is 6.39. The summed E-state index contributed by atoms with van der Waals surface area (Å²) < 4.78 is 0. The zero-order valence-electron chi connectivity index (χ0n) is 7.14. The first-order valence-corrected chi connectivity index (χ1v) is 4.57. The van der Waals surface area contributed by atoms with E-state index in [9.17, 15) is 0 Å². The Kier molecular flexibility index (Phi) is 3.24. The third kappa shape index (κ3) is 1.85. The highest BCUT2D eigenvalue weighted by atomic mass is 35.5. The summed E-state index contributed by atoms with van der Waals surface area (Å²) in [5, 5.41) is 1.40. The fourth-order valence-corrected chi connectivity index (χ4v) is 1.70. The van der Waals surface area contributed by atoms with Crippen LogP contribution in [0, 0.1) is 0 Å². The molecule has 0 saturated carbocycles. The first-order valence-electron chi connectivity index (χ1n) is 3.82. The number of halogens is 2. The van der Waals surface area contributed by atoms with Crippen LogP contribution in [0.25, 0.3) is 0 Å². The molecule has 0 heterocycles. The lowest BCUT2D eigenvalue weighted by Crippen LogP contribution is -2.16. The third-order valence-corrected chi connectivity index (χ3v) is 2.40. The summed E-state index contributed by atoms with van der Waals surface area (Å²) in [5.74, 6) is 0. The average Bonchev–Trinajstić information content (AvgIpc) is 2.03. The second kappa shape index (κ2) is 4.01. The number of hydrogen-bond acceptors (Lipinski definition) is 1. The van der Waals surface area contributed by atoms with Gasteiger partial charge in [-0.2, -0.15) is 0 Å². The molecule has 0 saturated heterocycles. The molecule has 0 aliphatic rings. The van der Waals surface area contributed by atoms with Crippen molar-refractivity contribution in [3.8, 4) is 0 Å². The van der Waals surface area contributed by atoms with Gasteiger partial charge in [0.25, 0.3) is 0 Å². The molecule has 1 rings (SSSR count). The summed E-state index contributed by atoms with van der Waals surface area (Å²) in [5.41, 5.74) is 0.906. The molecule has 0 spiro atoms. The van der Waals surface area contributed by atoms with Gasteiger partial charge < -0.3 is 4.90 Å². The molecule has 0 aromatic heterocycles. The molecular weight excluding hydrogens is 193 g/mol. The molecule has 0 bridgehead atoms. The van der Waals surface area contributed by atoms with Gasteiger partial charge in [0.05, 0.1) is 15.7 Å². The van der Waals surface area contributed by atoms with E-state index in [4.69, 9.17) is 23.2 Å². The van der Waals surface area contributed by atoms with Gasteiger partial charge in [-0.1, -0.05) is 29.3 Å². The van der Waals surface area contributed by atoms with Crippen molar-refractivity contribution in [2.24, 2.45) is 0 Å². The van der Waals surface area contributed by atoms with Crippen LogP contribution in [-0.4, -0.2) is 13.6 Å². The third-order valence-electron chi connectivity index (χ3n) is 1.79. The summed E-state index contributed by atoms with van der Waals surface area (Å²) in [6.45, 7) is 2.95. The molecule has 0 N–H and O–H groups in total. The van der Waals surface area contributed by atoms with Gasteiger partial charge in [0.1, 0.15) is 0 Å². The number of benzene rings is 1. The van der Waals surface area contributed by atoms with Crippen LogP contribution in [0.3, 0.4) is 0 Å². The molecule has 12 heavy (non-hydrogen) atoms. The number of para-hydroxylation sites is 1. The van der Waals surface area contributed by atoms with E-state index in [2.05, 4.69) is 6.92 Å². The minimum Gasteiger partial charge on any atom is -0.372 e. The molecule has 0 aliphatic heterocycles. The Morgan fingerprint density at radius 3 is 2.17 bits per heavy atom. The van der Waals surface area contributed by atoms with Crippen molar-refractivity contribution in [3.05, 3.63) is 28.2 Å². The highest BCUT2D eigenvalue weighted by Crippen LogP contribution is 2.32. The number of hydrogen-bond donors (Lipinski definition) is 0. The van der Waals surface area contributed by atoms with Crippen molar-refractivity contribution < 1.29 is 0 Å². The highest BCUT2D eigenvalue weighted by Gasteiger charge is 2.07. The van der Waals surface area contributed by atoms with E-state index in [0.717, 1.165) is 12.2 Å². The smallest absolute Gasteiger partial charge is 0.0742 e. The molecule has 1 aromatic carbocycles. The molecule has 0 aliphatic carbocycles. The maximum atomic E-state index is 5.98. The maximum Gasteiger partial charge on any atom is 0.0742 e. The van der Waals surface area contributed by atoms with Crippen LogP contribution in [0.4, 0.5) is 5.69 Å². The maximum absolute atomic E-state index is 5.98. The lowest BCUT2D eigenvalue weighted by Gasteiger charge is -2.19. The quantitative estimate of drug-likeness (QED) is 0.713. The van der Waals surface area contributed by atoms with E-state index < -0.39 is 0 Å².